The summed E-state index contributed by atoms with van der Waals surface area (Å²) >= 11 is 6.22. The second kappa shape index (κ2) is 13.4. The molecule has 0 aliphatic carbocycles. The van der Waals surface area contributed by atoms with Gasteiger partial charge in [0.15, 0.2) is 5.75 Å². The number of azo groups is 1. The van der Waals surface area contributed by atoms with E-state index in [4.69, 9.17) is 11.6 Å². The van der Waals surface area contributed by atoms with Crippen LogP contribution in [-0.4, -0.2) is 65.5 Å². The highest BCUT2D eigenvalue weighted by Gasteiger charge is 2.27. The highest BCUT2D eigenvalue weighted by molar-refractivity contribution is 7.86. The predicted octanol–water partition coefficient (Wildman–Crippen LogP) is 5.89. The fraction of sp³-hybridized carbons (Fsp3) is 0.107. The lowest BCUT2D eigenvalue weighted by Crippen LogP contribution is -2.20. The Morgan fingerprint density at radius 2 is 1.56 bits per heavy atom. The van der Waals surface area contributed by atoms with E-state index in [0.29, 0.717) is 24.4 Å². The van der Waals surface area contributed by atoms with Crippen LogP contribution in [0.3, 0.4) is 0 Å². The van der Waals surface area contributed by atoms with Crippen LogP contribution in [0.25, 0.3) is 10.8 Å². The molecule has 0 bridgehead atoms. The van der Waals surface area contributed by atoms with Crippen LogP contribution in [0, 0.1) is 12.7 Å². The summed E-state index contributed by atoms with van der Waals surface area (Å²) in [5.41, 5.74) is -0.467. The molecule has 22 heteroatoms. The van der Waals surface area contributed by atoms with Gasteiger partial charge >= 0.3 is 0 Å². The second-order valence-corrected chi connectivity index (χ2v) is 14.9. The van der Waals surface area contributed by atoms with E-state index < -0.39 is 78.8 Å². The van der Waals surface area contributed by atoms with Crippen molar-refractivity contribution in [1.29, 1.82) is 0 Å². The van der Waals surface area contributed by atoms with Gasteiger partial charge in [0.25, 0.3) is 30.4 Å². The third kappa shape index (κ3) is 7.78. The molecule has 1 aromatic heterocycles. The molecular formula is C28H23ClFN7O10S3. The minimum absolute atomic E-state index is 0.0390. The number of halogens is 2. The number of hydrogen-bond acceptors (Lipinski definition) is 14. The highest BCUT2D eigenvalue weighted by Crippen LogP contribution is 2.46. The Morgan fingerprint density at radius 3 is 2.18 bits per heavy atom. The Morgan fingerprint density at radius 1 is 0.860 bits per heavy atom. The minimum Gasteiger partial charge on any atom is -0.505 e. The summed E-state index contributed by atoms with van der Waals surface area (Å²) in [6.45, 7) is 4.03. The van der Waals surface area contributed by atoms with Crippen LogP contribution in [0.2, 0.25) is 5.28 Å². The molecule has 50 heavy (non-hydrogen) atoms. The monoisotopic (exact) mass is 767 g/mol. The Kier molecular flexibility index (Phi) is 9.77. The van der Waals surface area contributed by atoms with E-state index in [0.717, 1.165) is 29.8 Å². The normalized spacial score (nSPS) is 12.5. The first-order valence-corrected chi connectivity index (χ1v) is 18.5. The molecule has 262 valence electrons. The van der Waals surface area contributed by atoms with Gasteiger partial charge < -0.3 is 15.3 Å². The summed E-state index contributed by atoms with van der Waals surface area (Å²) < 4.78 is 116. The van der Waals surface area contributed by atoms with Crippen molar-refractivity contribution in [3.8, 4) is 5.75 Å². The summed E-state index contributed by atoms with van der Waals surface area (Å²) in [5.74, 6) is -2.44. The number of benzene rings is 4. The van der Waals surface area contributed by atoms with Crippen molar-refractivity contribution in [3.63, 3.8) is 0 Å². The van der Waals surface area contributed by atoms with E-state index in [1.165, 1.54) is 0 Å². The number of nitrogens with zero attached hydrogens (tertiary/aromatic N) is 6. The minimum atomic E-state index is -5.30. The van der Waals surface area contributed by atoms with Gasteiger partial charge in [-0.15, -0.1) is 10.2 Å². The fourth-order valence-corrected chi connectivity index (χ4v) is 6.74. The first kappa shape index (κ1) is 36.4. The zero-order valence-corrected chi connectivity index (χ0v) is 28.6. The molecule has 0 saturated carbocycles. The number of fused-ring (bicyclic) bond motifs is 1. The number of phenols is 1. The summed E-state index contributed by atoms with van der Waals surface area (Å²) in [6, 6.07) is 11.5. The van der Waals surface area contributed by atoms with Gasteiger partial charge in [-0.25, -0.2) is 4.39 Å². The van der Waals surface area contributed by atoms with E-state index in [1.807, 2.05) is 26.0 Å². The summed E-state index contributed by atoms with van der Waals surface area (Å²) in [5, 5.41) is 20.1. The number of rotatable bonds is 10. The number of anilines is 4. The van der Waals surface area contributed by atoms with E-state index in [-0.39, 0.29) is 22.9 Å². The summed E-state index contributed by atoms with van der Waals surface area (Å²) in [7, 11) is -15.4. The van der Waals surface area contributed by atoms with Crippen molar-refractivity contribution in [1.82, 2.24) is 15.0 Å². The molecule has 0 fully saturated rings. The van der Waals surface area contributed by atoms with Crippen molar-refractivity contribution in [2.75, 3.05) is 16.8 Å². The van der Waals surface area contributed by atoms with Gasteiger partial charge in [-0.2, -0.15) is 40.2 Å². The van der Waals surface area contributed by atoms with Crippen molar-refractivity contribution in [2.45, 2.75) is 28.5 Å². The number of phenolic OH excluding ortho intramolecular Hbond substituents is 1. The fourth-order valence-electron chi connectivity index (χ4n) is 4.75. The van der Waals surface area contributed by atoms with Gasteiger partial charge in [-0.1, -0.05) is 12.1 Å². The van der Waals surface area contributed by atoms with Crippen LogP contribution >= 0.6 is 11.6 Å². The Hall–Kier alpha value is -4.90. The number of aromatic nitrogens is 3. The summed E-state index contributed by atoms with van der Waals surface area (Å²) in [6.07, 6.45) is 0. The molecule has 0 unspecified atom stereocenters. The zero-order chi connectivity index (χ0) is 36.8. The van der Waals surface area contributed by atoms with Gasteiger partial charge in [0.05, 0.1) is 10.6 Å². The average Bonchev–Trinajstić information content (AvgIpc) is 2.99. The van der Waals surface area contributed by atoms with Crippen LogP contribution < -0.4 is 10.2 Å². The van der Waals surface area contributed by atoms with Gasteiger partial charge in [0.2, 0.25) is 17.2 Å². The van der Waals surface area contributed by atoms with Crippen molar-refractivity contribution < 1.29 is 48.4 Å². The lowest BCUT2D eigenvalue weighted by molar-refractivity contribution is 0.472. The lowest BCUT2D eigenvalue weighted by Gasteiger charge is -2.22. The van der Waals surface area contributed by atoms with E-state index in [9.17, 15) is 48.4 Å². The zero-order valence-electron chi connectivity index (χ0n) is 25.4. The summed E-state index contributed by atoms with van der Waals surface area (Å²) in [4.78, 5) is 11.2. The Labute approximate surface area is 288 Å². The van der Waals surface area contributed by atoms with Gasteiger partial charge in [0, 0.05) is 17.6 Å². The number of aryl methyl sites for hydroxylation is 1. The molecule has 4 aromatic carbocycles. The van der Waals surface area contributed by atoms with Gasteiger partial charge in [-0.05, 0) is 84.9 Å². The van der Waals surface area contributed by atoms with E-state index in [1.54, 1.807) is 17.0 Å². The van der Waals surface area contributed by atoms with E-state index >= 15 is 0 Å². The van der Waals surface area contributed by atoms with Gasteiger partial charge in [0.1, 0.15) is 27.0 Å². The first-order valence-electron chi connectivity index (χ1n) is 13.8. The molecule has 0 aliphatic rings. The molecule has 17 nitrogen and oxygen atoms in total. The Bertz CT molecular complexity index is 2560. The molecule has 0 amide bonds. The highest BCUT2D eigenvalue weighted by atomic mass is 35.5. The maximum Gasteiger partial charge on any atom is 0.296 e. The largest absolute Gasteiger partial charge is 0.505 e. The number of aromatic hydroxyl groups is 1. The molecule has 1 heterocycles. The lowest BCUT2D eigenvalue weighted by atomic mass is 10.1. The Balaban J connectivity index is 1.75. The smallest absolute Gasteiger partial charge is 0.296 e. The number of nitrogens with one attached hydrogen (secondary N) is 1. The average molecular weight is 768 g/mol. The second-order valence-electron chi connectivity index (χ2n) is 10.3. The molecule has 5 rings (SSSR count). The molecule has 0 atom stereocenters. The topological polar surface area (TPSA) is 262 Å². The standard InChI is InChI=1S/C28H23ClFN7O10S3/c1-3-37(17-6-4-5-14(2)9-17)28-33-26(29)32-27(34-28)31-20-13-18(48(39,40)41)10-15-11-22(50(45,46)47)24(25(38)23(15)20)36-35-19-8-7-16(30)12-21(19)49(42,43)44/h4-13,38H,3H2,1-2H3,(H,39,40,41)(H,42,43,44)(H,45,46,47)(H,31,32,33,34). The quantitative estimate of drug-likeness (QED) is 0.0819. The van der Waals surface area contributed by atoms with Crippen LogP contribution in [-0.2, 0) is 30.4 Å². The van der Waals surface area contributed by atoms with Gasteiger partial charge in [-0.3, -0.25) is 13.7 Å². The third-order valence-corrected chi connectivity index (χ3v) is 9.62. The molecule has 0 aliphatic heterocycles. The first-order chi connectivity index (χ1) is 23.3. The predicted molar refractivity (Wildman–Crippen MR) is 178 cm³/mol. The maximum atomic E-state index is 13.8. The van der Waals surface area contributed by atoms with Crippen molar-refractivity contribution >= 4 is 87.4 Å². The maximum absolute atomic E-state index is 13.8. The molecule has 5 N–H and O–H groups in total. The third-order valence-electron chi connectivity index (χ3n) is 6.87. The van der Waals surface area contributed by atoms with Crippen molar-refractivity contribution in [2.24, 2.45) is 10.2 Å². The van der Waals surface area contributed by atoms with Crippen LogP contribution in [0.5, 0.6) is 5.75 Å². The molecular weight excluding hydrogens is 745 g/mol. The number of hydrogen-bond donors (Lipinski definition) is 5. The van der Waals surface area contributed by atoms with Crippen molar-refractivity contribution in [3.05, 3.63) is 77.3 Å². The molecule has 0 saturated heterocycles. The van der Waals surface area contributed by atoms with Crippen LogP contribution in [0.1, 0.15) is 12.5 Å². The molecule has 5 aromatic rings. The van der Waals surface area contributed by atoms with E-state index in [2.05, 4.69) is 30.5 Å². The van der Waals surface area contributed by atoms with Crippen LogP contribution in [0.4, 0.5) is 39.0 Å². The SMILES string of the molecule is CCN(c1cccc(C)c1)c1nc(Cl)nc(Nc2cc(S(=O)(=O)O)cc3cc(S(=O)(=O)O)c(N=Nc4ccc(F)cc4S(=O)(=O)O)c(O)c23)n1. The molecule has 0 spiro atoms. The van der Waals surface area contributed by atoms with Crippen LogP contribution in [0.15, 0.2) is 85.6 Å². The molecule has 0 radical (unpaired) electrons.